The van der Waals surface area contributed by atoms with E-state index in [0.717, 1.165) is 17.9 Å². The molecular formula is C21H23N4O3+. The number of hydrogen-bond acceptors (Lipinski definition) is 4. The van der Waals surface area contributed by atoms with Crippen LogP contribution in [-0.4, -0.2) is 23.3 Å². The van der Waals surface area contributed by atoms with E-state index in [1.165, 1.54) is 10.5 Å². The van der Waals surface area contributed by atoms with Crippen LogP contribution in [0, 0.1) is 0 Å². The molecule has 0 saturated heterocycles. The van der Waals surface area contributed by atoms with Gasteiger partial charge in [0.15, 0.2) is 6.67 Å². The Kier molecular flexibility index (Phi) is 4.99. The lowest BCUT2D eigenvalue weighted by Gasteiger charge is -2.28. The maximum Gasteiger partial charge on any atom is 0.330 e. The van der Waals surface area contributed by atoms with Crippen molar-refractivity contribution in [2.75, 3.05) is 19.1 Å². The summed E-state index contributed by atoms with van der Waals surface area (Å²) in [5.41, 5.74) is 2.07. The van der Waals surface area contributed by atoms with Crippen molar-refractivity contribution in [1.29, 1.82) is 0 Å². The first kappa shape index (κ1) is 18.1. The smallest absolute Gasteiger partial charge is 0.330 e. The quantitative estimate of drug-likeness (QED) is 0.605. The summed E-state index contributed by atoms with van der Waals surface area (Å²) in [5.74, 6) is 1.37. The Morgan fingerprint density at radius 2 is 1.79 bits per heavy atom. The van der Waals surface area contributed by atoms with Crippen LogP contribution in [0.4, 0.5) is 5.82 Å². The number of aromatic amines is 1. The lowest BCUT2D eigenvalue weighted by Crippen LogP contribution is -3.11. The SMILES string of the molecule is COc1ccc(Cn2c3c(c(=O)[nH]c2=O)C[NH+](Cc2ccccc2)CN3)cc1. The van der Waals surface area contributed by atoms with Gasteiger partial charge in [0.05, 0.1) is 13.7 Å². The summed E-state index contributed by atoms with van der Waals surface area (Å²) in [6.45, 7) is 2.40. The van der Waals surface area contributed by atoms with Gasteiger partial charge >= 0.3 is 5.69 Å². The molecule has 3 aromatic rings. The molecule has 7 nitrogen and oxygen atoms in total. The fourth-order valence-corrected chi connectivity index (χ4v) is 3.57. The monoisotopic (exact) mass is 379 g/mol. The molecule has 1 atom stereocenters. The standard InChI is InChI=1S/C21H22N4O3/c1-28-17-9-7-16(8-10-17)12-25-19-18(20(26)23-21(25)27)13-24(14-22-19)11-15-5-3-2-4-6-15/h2-10,22H,11-14H2,1H3,(H,23,26,27)/p+1. The van der Waals surface area contributed by atoms with Crippen molar-refractivity contribution in [3.63, 3.8) is 0 Å². The maximum atomic E-state index is 12.4. The van der Waals surface area contributed by atoms with Crippen LogP contribution in [0.5, 0.6) is 5.75 Å². The number of anilines is 1. The number of methoxy groups -OCH3 is 1. The highest BCUT2D eigenvalue weighted by atomic mass is 16.5. The van der Waals surface area contributed by atoms with Crippen molar-refractivity contribution in [1.82, 2.24) is 9.55 Å². The van der Waals surface area contributed by atoms with E-state index in [1.807, 2.05) is 42.5 Å². The fraction of sp³-hybridized carbons (Fsp3) is 0.238. The summed E-state index contributed by atoms with van der Waals surface area (Å²) in [6.07, 6.45) is 0. The number of rotatable bonds is 5. The first-order valence-corrected chi connectivity index (χ1v) is 9.24. The molecule has 1 aliphatic heterocycles. The Hall–Kier alpha value is -3.32. The highest BCUT2D eigenvalue weighted by molar-refractivity contribution is 5.44. The Morgan fingerprint density at radius 3 is 2.50 bits per heavy atom. The second kappa shape index (κ2) is 7.74. The van der Waals surface area contributed by atoms with Crippen molar-refractivity contribution in [3.8, 4) is 5.75 Å². The van der Waals surface area contributed by atoms with Gasteiger partial charge in [-0.25, -0.2) is 4.79 Å². The highest BCUT2D eigenvalue weighted by Gasteiger charge is 2.25. The fourth-order valence-electron chi connectivity index (χ4n) is 3.57. The van der Waals surface area contributed by atoms with Crippen LogP contribution in [0.1, 0.15) is 16.7 Å². The first-order chi connectivity index (χ1) is 13.6. The second-order valence-corrected chi connectivity index (χ2v) is 6.96. The van der Waals surface area contributed by atoms with Gasteiger partial charge in [0, 0.05) is 5.56 Å². The molecule has 28 heavy (non-hydrogen) atoms. The largest absolute Gasteiger partial charge is 0.497 e. The lowest BCUT2D eigenvalue weighted by atomic mass is 10.1. The molecule has 0 aliphatic carbocycles. The van der Waals surface area contributed by atoms with E-state index in [-0.39, 0.29) is 5.56 Å². The van der Waals surface area contributed by atoms with Crippen molar-refractivity contribution in [2.24, 2.45) is 0 Å². The normalized spacial score (nSPS) is 15.5. The van der Waals surface area contributed by atoms with Gasteiger partial charge in [0.1, 0.15) is 30.2 Å². The van der Waals surface area contributed by atoms with E-state index >= 15 is 0 Å². The maximum absolute atomic E-state index is 12.4. The third-order valence-electron chi connectivity index (χ3n) is 5.02. The van der Waals surface area contributed by atoms with Crippen molar-refractivity contribution >= 4 is 5.82 Å². The molecule has 0 fully saturated rings. The molecule has 2 aromatic carbocycles. The molecule has 1 unspecified atom stereocenters. The van der Waals surface area contributed by atoms with E-state index in [2.05, 4.69) is 22.4 Å². The van der Waals surface area contributed by atoms with Crippen LogP contribution >= 0.6 is 0 Å². The zero-order valence-electron chi connectivity index (χ0n) is 15.7. The van der Waals surface area contributed by atoms with Gasteiger partial charge in [-0.1, -0.05) is 42.5 Å². The third kappa shape index (κ3) is 3.70. The number of hydrogen-bond donors (Lipinski definition) is 3. The summed E-state index contributed by atoms with van der Waals surface area (Å²) in [4.78, 5) is 28.6. The summed E-state index contributed by atoms with van der Waals surface area (Å²) in [7, 11) is 1.62. The van der Waals surface area contributed by atoms with Crippen LogP contribution in [0.15, 0.2) is 64.2 Å². The minimum atomic E-state index is -0.404. The molecule has 144 valence electrons. The molecule has 0 bridgehead atoms. The van der Waals surface area contributed by atoms with E-state index in [4.69, 9.17) is 4.74 Å². The van der Waals surface area contributed by atoms with Crippen LogP contribution in [-0.2, 0) is 19.6 Å². The Balaban J connectivity index is 1.61. The number of nitrogens with one attached hydrogen (secondary N) is 3. The van der Waals surface area contributed by atoms with E-state index in [1.54, 1.807) is 11.7 Å². The minimum Gasteiger partial charge on any atom is -0.497 e. The predicted octanol–water partition coefficient (Wildman–Crippen LogP) is 0.562. The first-order valence-electron chi connectivity index (χ1n) is 9.24. The highest BCUT2D eigenvalue weighted by Crippen LogP contribution is 2.15. The molecule has 0 radical (unpaired) electrons. The van der Waals surface area contributed by atoms with E-state index in [0.29, 0.717) is 31.1 Å². The van der Waals surface area contributed by atoms with Gasteiger partial charge in [-0.3, -0.25) is 14.3 Å². The molecule has 1 aliphatic rings. The molecule has 3 N–H and O–H groups in total. The number of aromatic nitrogens is 2. The number of fused-ring (bicyclic) bond motifs is 1. The molecule has 0 spiro atoms. The second-order valence-electron chi connectivity index (χ2n) is 6.96. The van der Waals surface area contributed by atoms with Gasteiger partial charge in [0.25, 0.3) is 5.56 Å². The third-order valence-corrected chi connectivity index (χ3v) is 5.02. The van der Waals surface area contributed by atoms with Gasteiger partial charge in [-0.15, -0.1) is 0 Å². The van der Waals surface area contributed by atoms with Crippen LogP contribution in [0.2, 0.25) is 0 Å². The molecule has 0 amide bonds. The molecule has 1 aromatic heterocycles. The number of ether oxygens (including phenoxy) is 1. The summed E-state index contributed by atoms with van der Waals surface area (Å²) >= 11 is 0. The van der Waals surface area contributed by atoms with Gasteiger partial charge < -0.3 is 15.0 Å². The van der Waals surface area contributed by atoms with Crippen LogP contribution < -0.4 is 26.2 Å². The average molecular weight is 379 g/mol. The minimum absolute atomic E-state index is 0.316. The number of quaternary nitrogens is 1. The van der Waals surface area contributed by atoms with Crippen molar-refractivity contribution in [2.45, 2.75) is 19.6 Å². The molecule has 2 heterocycles. The lowest BCUT2D eigenvalue weighted by molar-refractivity contribution is -0.926. The molecule has 7 heteroatoms. The Bertz CT molecular complexity index is 1070. The van der Waals surface area contributed by atoms with E-state index in [9.17, 15) is 9.59 Å². The molecule has 0 saturated carbocycles. The average Bonchev–Trinajstić information content (AvgIpc) is 2.72. The van der Waals surface area contributed by atoms with Gasteiger partial charge in [-0.2, -0.15) is 0 Å². The Labute approximate surface area is 162 Å². The van der Waals surface area contributed by atoms with Gasteiger partial charge in [0.2, 0.25) is 0 Å². The van der Waals surface area contributed by atoms with E-state index < -0.39 is 5.69 Å². The van der Waals surface area contributed by atoms with Crippen molar-refractivity contribution < 1.29 is 9.64 Å². The summed E-state index contributed by atoms with van der Waals surface area (Å²) in [5, 5.41) is 3.31. The number of H-pyrrole nitrogens is 1. The van der Waals surface area contributed by atoms with Crippen molar-refractivity contribution in [3.05, 3.63) is 92.1 Å². The van der Waals surface area contributed by atoms with Crippen LogP contribution in [0.25, 0.3) is 0 Å². The number of benzene rings is 2. The molecular weight excluding hydrogens is 356 g/mol. The topological polar surface area (TPSA) is 80.6 Å². The van der Waals surface area contributed by atoms with Crippen LogP contribution in [0.3, 0.4) is 0 Å². The van der Waals surface area contributed by atoms with Gasteiger partial charge in [-0.05, 0) is 17.7 Å². The summed E-state index contributed by atoms with van der Waals surface area (Å²) in [6, 6.07) is 17.7. The Morgan fingerprint density at radius 1 is 1.04 bits per heavy atom. The predicted molar refractivity (Wildman–Crippen MR) is 107 cm³/mol. The zero-order valence-corrected chi connectivity index (χ0v) is 15.7. The zero-order chi connectivity index (χ0) is 19.5. The number of nitrogens with zero attached hydrogens (tertiary/aromatic N) is 1. The molecule has 4 rings (SSSR count). The summed E-state index contributed by atoms with van der Waals surface area (Å²) < 4.78 is 6.77.